The first-order chi connectivity index (χ1) is 13.0. The molecule has 1 saturated carbocycles. The quantitative estimate of drug-likeness (QED) is 0.390. The molecule has 2 aliphatic carbocycles. The van der Waals surface area contributed by atoms with E-state index in [0.29, 0.717) is 23.8 Å². The number of ketones is 1. The third-order valence-electron chi connectivity index (χ3n) is 5.25. The Morgan fingerprint density at radius 2 is 2.11 bits per heavy atom. The lowest BCUT2D eigenvalue weighted by Gasteiger charge is -2.07. The van der Waals surface area contributed by atoms with Crippen LogP contribution in [0.15, 0.2) is 59.2 Å². The van der Waals surface area contributed by atoms with Crippen molar-refractivity contribution >= 4 is 23.4 Å². The number of hydrogen-bond acceptors (Lipinski definition) is 2. The van der Waals surface area contributed by atoms with E-state index in [1.54, 1.807) is 6.08 Å². The smallest absolute Gasteiger partial charge is 0.327 e. The summed E-state index contributed by atoms with van der Waals surface area (Å²) >= 11 is 6.06. The lowest BCUT2D eigenvalue weighted by atomic mass is 9.96. The molecule has 2 rings (SSSR count). The summed E-state index contributed by atoms with van der Waals surface area (Å²) in [5.41, 5.74) is 0.741. The van der Waals surface area contributed by atoms with Gasteiger partial charge in [0.05, 0.1) is 5.03 Å². The number of carbonyl (C=O) groups is 2. The second kappa shape index (κ2) is 11.1. The van der Waals surface area contributed by atoms with E-state index in [-0.39, 0.29) is 11.7 Å². The highest BCUT2D eigenvalue weighted by Gasteiger charge is 2.27. The van der Waals surface area contributed by atoms with Gasteiger partial charge in [-0.05, 0) is 43.9 Å². The molecule has 0 heterocycles. The van der Waals surface area contributed by atoms with Crippen LogP contribution in [0, 0.1) is 17.8 Å². The van der Waals surface area contributed by atoms with E-state index in [4.69, 9.17) is 16.7 Å². The molecule has 0 bridgehead atoms. The van der Waals surface area contributed by atoms with Crippen molar-refractivity contribution in [2.45, 2.75) is 51.9 Å². The summed E-state index contributed by atoms with van der Waals surface area (Å²) < 4.78 is 0. The van der Waals surface area contributed by atoms with E-state index >= 15 is 0 Å². The van der Waals surface area contributed by atoms with Crippen LogP contribution in [-0.4, -0.2) is 16.9 Å². The number of carbonyl (C=O) groups excluding carboxylic acids is 1. The molecule has 3 unspecified atom stereocenters. The second-order valence-electron chi connectivity index (χ2n) is 7.37. The largest absolute Gasteiger partial charge is 0.478 e. The number of rotatable bonds is 9. The van der Waals surface area contributed by atoms with Gasteiger partial charge in [0.15, 0.2) is 0 Å². The molecule has 1 N–H and O–H groups in total. The molecule has 4 heteroatoms. The molecule has 0 spiro atoms. The van der Waals surface area contributed by atoms with Crippen LogP contribution < -0.4 is 0 Å². The molecule has 3 atom stereocenters. The van der Waals surface area contributed by atoms with Gasteiger partial charge in [0.2, 0.25) is 5.78 Å². The SMILES string of the molecule is CCCC1CCC(C=CC=C2C(=O)C(Cl)=CC2CC=CCC=CC(=O)O)C1. The predicted molar refractivity (Wildman–Crippen MR) is 111 cm³/mol. The zero-order chi connectivity index (χ0) is 19.6. The molecule has 0 saturated heterocycles. The van der Waals surface area contributed by atoms with Crippen LogP contribution in [-0.2, 0) is 9.59 Å². The number of allylic oxidation sites excluding steroid dienone is 9. The lowest BCUT2D eigenvalue weighted by Crippen LogP contribution is -2.02. The van der Waals surface area contributed by atoms with Crippen LogP contribution in [0.25, 0.3) is 0 Å². The molecule has 2 aliphatic rings. The number of hydrogen-bond donors (Lipinski definition) is 1. The van der Waals surface area contributed by atoms with Crippen molar-refractivity contribution in [3.8, 4) is 0 Å². The van der Waals surface area contributed by atoms with Crippen molar-refractivity contribution in [3.63, 3.8) is 0 Å². The maximum Gasteiger partial charge on any atom is 0.327 e. The van der Waals surface area contributed by atoms with E-state index in [1.807, 2.05) is 30.4 Å². The van der Waals surface area contributed by atoms with Crippen LogP contribution >= 0.6 is 11.6 Å². The van der Waals surface area contributed by atoms with Crippen LogP contribution in [0.2, 0.25) is 0 Å². The normalized spacial score (nSPS) is 27.6. The number of carboxylic acid groups (broad SMARTS) is 1. The van der Waals surface area contributed by atoms with Gasteiger partial charge in [-0.2, -0.15) is 0 Å². The maximum atomic E-state index is 12.3. The van der Waals surface area contributed by atoms with Crippen LogP contribution in [0.1, 0.15) is 51.9 Å². The summed E-state index contributed by atoms with van der Waals surface area (Å²) in [6.07, 6.45) is 22.2. The Labute approximate surface area is 167 Å². The van der Waals surface area contributed by atoms with Crippen molar-refractivity contribution in [3.05, 3.63) is 59.2 Å². The highest BCUT2D eigenvalue weighted by molar-refractivity contribution is 6.46. The average molecular weight is 389 g/mol. The van der Waals surface area contributed by atoms with Gasteiger partial charge < -0.3 is 5.11 Å². The Kier molecular flexibility index (Phi) is 8.80. The summed E-state index contributed by atoms with van der Waals surface area (Å²) in [6.45, 7) is 2.24. The van der Waals surface area contributed by atoms with Gasteiger partial charge in [0.1, 0.15) is 0 Å². The van der Waals surface area contributed by atoms with Crippen molar-refractivity contribution in [1.82, 2.24) is 0 Å². The third-order valence-corrected chi connectivity index (χ3v) is 5.55. The van der Waals surface area contributed by atoms with E-state index in [9.17, 15) is 9.59 Å². The van der Waals surface area contributed by atoms with Gasteiger partial charge >= 0.3 is 5.97 Å². The van der Waals surface area contributed by atoms with Gasteiger partial charge in [0.25, 0.3) is 0 Å². The minimum atomic E-state index is -0.945. The van der Waals surface area contributed by atoms with Crippen LogP contribution in [0.3, 0.4) is 0 Å². The first-order valence-corrected chi connectivity index (χ1v) is 10.2. The van der Waals surface area contributed by atoms with E-state index < -0.39 is 5.97 Å². The maximum absolute atomic E-state index is 12.3. The zero-order valence-electron chi connectivity index (χ0n) is 15.9. The summed E-state index contributed by atoms with van der Waals surface area (Å²) in [5, 5.41) is 8.85. The molecule has 0 aromatic rings. The van der Waals surface area contributed by atoms with Gasteiger partial charge in [-0.3, -0.25) is 4.79 Å². The van der Waals surface area contributed by atoms with Crippen LogP contribution in [0.5, 0.6) is 0 Å². The third kappa shape index (κ3) is 6.99. The standard InChI is InChI=1S/C23H29ClO3/c1-2-8-17-13-14-18(15-17)9-7-11-20-19(16-21(24)23(20)27)10-5-3-4-6-12-22(25)26/h3,5-7,9,11-12,16-19H,2,4,8,10,13-15H2,1H3,(H,25,26). The minimum Gasteiger partial charge on any atom is -0.478 e. The molecule has 0 radical (unpaired) electrons. The minimum absolute atomic E-state index is 0.00855. The molecule has 1 fully saturated rings. The Bertz CT molecular complexity index is 682. The summed E-state index contributed by atoms with van der Waals surface area (Å²) in [7, 11) is 0. The number of carboxylic acids is 1. The van der Waals surface area contributed by atoms with Gasteiger partial charge in [-0.1, -0.05) is 73.9 Å². The summed E-state index contributed by atoms with van der Waals surface area (Å²) in [6, 6.07) is 0. The Balaban J connectivity index is 1.90. The monoisotopic (exact) mass is 388 g/mol. The lowest BCUT2D eigenvalue weighted by molar-refractivity contribution is -0.131. The van der Waals surface area contributed by atoms with Crippen molar-refractivity contribution in [2.75, 3.05) is 0 Å². The van der Waals surface area contributed by atoms with Gasteiger partial charge in [0, 0.05) is 17.6 Å². The topological polar surface area (TPSA) is 54.4 Å². The van der Waals surface area contributed by atoms with Gasteiger partial charge in [-0.15, -0.1) is 0 Å². The molecular weight excluding hydrogens is 360 g/mol. The average Bonchev–Trinajstić information content (AvgIpc) is 3.17. The van der Waals surface area contributed by atoms with Crippen LogP contribution in [0.4, 0.5) is 0 Å². The van der Waals surface area contributed by atoms with Gasteiger partial charge in [-0.25, -0.2) is 4.79 Å². The number of halogens is 1. The fourth-order valence-corrected chi connectivity index (χ4v) is 4.17. The molecule has 0 aromatic carbocycles. The molecule has 0 aliphatic heterocycles. The first-order valence-electron chi connectivity index (χ1n) is 9.86. The molecule has 0 aromatic heterocycles. The van der Waals surface area contributed by atoms with E-state index in [1.165, 1.54) is 32.1 Å². The Morgan fingerprint density at radius 3 is 2.85 bits per heavy atom. The molecule has 27 heavy (non-hydrogen) atoms. The fraction of sp³-hybridized carbons (Fsp3) is 0.478. The summed E-state index contributed by atoms with van der Waals surface area (Å²) in [5.74, 6) is 0.443. The predicted octanol–water partition coefficient (Wildman–Crippen LogP) is 5.98. The zero-order valence-corrected chi connectivity index (χ0v) is 16.7. The molecule has 146 valence electrons. The molecule has 3 nitrogen and oxygen atoms in total. The first kappa shape index (κ1) is 21.4. The second-order valence-corrected chi connectivity index (χ2v) is 7.78. The number of Topliss-reactive ketones (excluding diaryl/α,β-unsaturated/α-hetero) is 1. The highest BCUT2D eigenvalue weighted by Crippen LogP contribution is 2.35. The van der Waals surface area contributed by atoms with Crippen molar-refractivity contribution in [2.24, 2.45) is 17.8 Å². The Morgan fingerprint density at radius 1 is 1.30 bits per heavy atom. The highest BCUT2D eigenvalue weighted by atomic mass is 35.5. The fourth-order valence-electron chi connectivity index (χ4n) is 3.90. The molecule has 0 amide bonds. The van der Waals surface area contributed by atoms with E-state index in [0.717, 1.165) is 17.6 Å². The summed E-state index contributed by atoms with van der Waals surface area (Å²) in [4.78, 5) is 22.7. The number of aliphatic carboxylic acids is 1. The molecular formula is C23H29ClO3. The Hall–Kier alpha value is -1.87. The van der Waals surface area contributed by atoms with E-state index in [2.05, 4.69) is 13.0 Å². The van der Waals surface area contributed by atoms with Crippen molar-refractivity contribution in [1.29, 1.82) is 0 Å². The van der Waals surface area contributed by atoms with Crippen molar-refractivity contribution < 1.29 is 14.7 Å².